The van der Waals surface area contributed by atoms with Gasteiger partial charge in [0.25, 0.3) is 5.91 Å². The summed E-state index contributed by atoms with van der Waals surface area (Å²) in [7, 11) is 2.87. The Morgan fingerprint density at radius 3 is 2.24 bits per heavy atom. The molecule has 0 radical (unpaired) electrons. The molecular weight excluding hydrogens is 274 g/mol. The van der Waals surface area contributed by atoms with Crippen LogP contribution in [0.25, 0.3) is 0 Å². The highest BCUT2D eigenvalue weighted by Gasteiger charge is 2.25. The fourth-order valence-corrected chi connectivity index (χ4v) is 2.27. The molecule has 114 valence electrons. The van der Waals surface area contributed by atoms with Crippen LogP contribution in [0.5, 0.6) is 5.75 Å². The Balaban J connectivity index is 2.02. The first-order valence-corrected chi connectivity index (χ1v) is 6.62. The summed E-state index contributed by atoms with van der Waals surface area (Å²) in [6, 6.07) is 4.96. The first-order valence-electron chi connectivity index (χ1n) is 6.62. The van der Waals surface area contributed by atoms with Crippen molar-refractivity contribution < 1.29 is 19.1 Å². The van der Waals surface area contributed by atoms with E-state index < -0.39 is 0 Å². The van der Waals surface area contributed by atoms with E-state index in [1.165, 1.54) is 14.2 Å². The van der Waals surface area contributed by atoms with Gasteiger partial charge in [0.2, 0.25) is 0 Å². The van der Waals surface area contributed by atoms with Crippen LogP contribution < -0.4 is 10.5 Å². The third kappa shape index (κ3) is 3.18. The molecule has 0 saturated carbocycles. The highest BCUT2D eigenvalue weighted by molar-refractivity contribution is 5.95. The van der Waals surface area contributed by atoms with Crippen molar-refractivity contribution in [2.75, 3.05) is 46.1 Å². The first-order chi connectivity index (χ1) is 10.1. The van der Waals surface area contributed by atoms with Gasteiger partial charge in [-0.15, -0.1) is 0 Å². The fraction of sp³-hybridized carbons (Fsp3) is 0.429. The van der Waals surface area contributed by atoms with Gasteiger partial charge in [-0.1, -0.05) is 0 Å². The molecule has 0 unspecified atom stereocenters. The lowest BCUT2D eigenvalue weighted by atomic mass is 10.1. The Morgan fingerprint density at radius 1 is 1.10 bits per heavy atom. The highest BCUT2D eigenvalue weighted by Crippen LogP contribution is 2.23. The van der Waals surface area contributed by atoms with Crippen LogP contribution in [0.2, 0.25) is 0 Å². The van der Waals surface area contributed by atoms with Gasteiger partial charge in [-0.2, -0.15) is 0 Å². The van der Waals surface area contributed by atoms with E-state index in [0.29, 0.717) is 43.2 Å². The summed E-state index contributed by atoms with van der Waals surface area (Å²) < 4.78 is 9.73. The second-order valence-corrected chi connectivity index (χ2v) is 4.71. The van der Waals surface area contributed by atoms with E-state index in [2.05, 4.69) is 4.74 Å². The normalized spacial score (nSPS) is 14.8. The number of carbonyl (C=O) groups excluding carboxylic acids is 2. The van der Waals surface area contributed by atoms with E-state index in [1.807, 2.05) is 0 Å². The average Bonchev–Trinajstić information content (AvgIpc) is 2.53. The quantitative estimate of drug-likeness (QED) is 0.815. The molecule has 1 fully saturated rings. The van der Waals surface area contributed by atoms with Crippen LogP contribution in [0, 0.1) is 0 Å². The van der Waals surface area contributed by atoms with Gasteiger partial charge in [-0.05, 0) is 18.2 Å². The maximum absolute atomic E-state index is 12.4. The summed E-state index contributed by atoms with van der Waals surface area (Å²) >= 11 is 0. The third-order valence-electron chi connectivity index (χ3n) is 3.48. The summed E-state index contributed by atoms with van der Waals surface area (Å²) in [6.45, 7) is 1.87. The van der Waals surface area contributed by atoms with Gasteiger partial charge in [-0.3, -0.25) is 4.79 Å². The number of hydrogen-bond acceptors (Lipinski definition) is 5. The number of rotatable bonds is 2. The van der Waals surface area contributed by atoms with E-state index in [0.717, 1.165) is 0 Å². The minimum absolute atomic E-state index is 0.103. The lowest BCUT2D eigenvalue weighted by molar-refractivity contribution is 0.0599. The minimum Gasteiger partial charge on any atom is -0.495 e. The number of anilines is 1. The van der Waals surface area contributed by atoms with Crippen LogP contribution in [0.15, 0.2) is 18.2 Å². The molecule has 1 heterocycles. The number of piperazine rings is 1. The molecule has 1 saturated heterocycles. The lowest BCUT2D eigenvalue weighted by Gasteiger charge is -2.33. The van der Waals surface area contributed by atoms with E-state index >= 15 is 0 Å². The first kappa shape index (κ1) is 15.0. The van der Waals surface area contributed by atoms with Crippen LogP contribution in [0.1, 0.15) is 10.4 Å². The largest absolute Gasteiger partial charge is 0.495 e. The molecule has 7 heteroatoms. The van der Waals surface area contributed by atoms with Gasteiger partial charge in [0, 0.05) is 31.7 Å². The van der Waals surface area contributed by atoms with Crippen molar-refractivity contribution in [3.05, 3.63) is 23.8 Å². The molecule has 1 aliphatic rings. The van der Waals surface area contributed by atoms with Crippen molar-refractivity contribution in [1.82, 2.24) is 9.80 Å². The summed E-state index contributed by atoms with van der Waals surface area (Å²) in [4.78, 5) is 27.1. The van der Waals surface area contributed by atoms with Crippen LogP contribution in [0.4, 0.5) is 10.5 Å². The van der Waals surface area contributed by atoms with Crippen molar-refractivity contribution >= 4 is 17.7 Å². The van der Waals surface area contributed by atoms with Crippen molar-refractivity contribution in [2.24, 2.45) is 0 Å². The Morgan fingerprint density at radius 2 is 1.71 bits per heavy atom. The molecular formula is C14H19N3O4. The highest BCUT2D eigenvalue weighted by atomic mass is 16.5. The number of amides is 2. The molecule has 0 atom stereocenters. The van der Waals surface area contributed by atoms with E-state index in [-0.39, 0.29) is 12.0 Å². The maximum Gasteiger partial charge on any atom is 0.409 e. The maximum atomic E-state index is 12.4. The molecule has 0 aromatic heterocycles. The number of nitrogens with zero attached hydrogens (tertiary/aromatic N) is 2. The van der Waals surface area contributed by atoms with Gasteiger partial charge in [0.1, 0.15) is 5.75 Å². The van der Waals surface area contributed by atoms with Crippen molar-refractivity contribution in [3.8, 4) is 5.75 Å². The summed E-state index contributed by atoms with van der Waals surface area (Å²) in [5, 5.41) is 0. The number of nitrogens with two attached hydrogens (primary N) is 1. The molecule has 1 aromatic carbocycles. The predicted octanol–water partition coefficient (Wildman–Crippen LogP) is 0.802. The number of methoxy groups -OCH3 is 2. The molecule has 1 aromatic rings. The fourth-order valence-electron chi connectivity index (χ4n) is 2.27. The molecule has 0 spiro atoms. The predicted molar refractivity (Wildman–Crippen MR) is 77.3 cm³/mol. The number of ether oxygens (including phenoxy) is 2. The van der Waals surface area contributed by atoms with Crippen LogP contribution in [-0.2, 0) is 4.74 Å². The Kier molecular flexibility index (Phi) is 4.52. The lowest BCUT2D eigenvalue weighted by Crippen LogP contribution is -2.50. The molecule has 0 aliphatic carbocycles. The second kappa shape index (κ2) is 6.34. The topological polar surface area (TPSA) is 85.1 Å². The molecule has 1 aliphatic heterocycles. The number of benzene rings is 1. The van der Waals surface area contributed by atoms with Crippen molar-refractivity contribution in [1.29, 1.82) is 0 Å². The zero-order chi connectivity index (χ0) is 15.4. The van der Waals surface area contributed by atoms with Gasteiger partial charge in [-0.25, -0.2) is 4.79 Å². The summed E-state index contributed by atoms with van der Waals surface area (Å²) in [5.41, 5.74) is 6.75. The van der Waals surface area contributed by atoms with Crippen LogP contribution >= 0.6 is 0 Å². The SMILES string of the molecule is COC(=O)N1CCN(C(=O)c2ccc(OC)c(N)c2)CC1. The summed E-state index contributed by atoms with van der Waals surface area (Å²) in [5.74, 6) is 0.441. The molecule has 21 heavy (non-hydrogen) atoms. The van der Waals surface area contributed by atoms with Gasteiger partial charge in [0.15, 0.2) is 0 Å². The van der Waals surface area contributed by atoms with E-state index in [4.69, 9.17) is 10.5 Å². The molecule has 2 N–H and O–H groups in total. The standard InChI is InChI=1S/C14H19N3O4/c1-20-12-4-3-10(9-11(12)15)13(18)16-5-7-17(8-6-16)14(19)21-2/h3-4,9H,5-8,15H2,1-2H3. The van der Waals surface area contributed by atoms with Gasteiger partial charge < -0.3 is 25.0 Å². The van der Waals surface area contributed by atoms with Crippen LogP contribution in [0.3, 0.4) is 0 Å². The Hall–Kier alpha value is -2.44. The zero-order valence-electron chi connectivity index (χ0n) is 12.2. The monoisotopic (exact) mass is 293 g/mol. The Labute approximate surface area is 123 Å². The van der Waals surface area contributed by atoms with Crippen LogP contribution in [-0.4, -0.2) is 62.2 Å². The number of hydrogen-bond donors (Lipinski definition) is 1. The zero-order valence-corrected chi connectivity index (χ0v) is 12.2. The number of nitrogen functional groups attached to an aromatic ring is 1. The van der Waals surface area contributed by atoms with E-state index in [9.17, 15) is 9.59 Å². The van der Waals surface area contributed by atoms with E-state index in [1.54, 1.807) is 28.0 Å². The van der Waals surface area contributed by atoms with Gasteiger partial charge >= 0.3 is 6.09 Å². The molecule has 2 rings (SSSR count). The molecule has 7 nitrogen and oxygen atoms in total. The second-order valence-electron chi connectivity index (χ2n) is 4.71. The summed E-state index contributed by atoms with van der Waals surface area (Å²) in [6.07, 6.45) is -0.365. The van der Waals surface area contributed by atoms with Crippen molar-refractivity contribution in [3.63, 3.8) is 0 Å². The average molecular weight is 293 g/mol. The smallest absolute Gasteiger partial charge is 0.409 e. The van der Waals surface area contributed by atoms with Crippen molar-refractivity contribution in [2.45, 2.75) is 0 Å². The minimum atomic E-state index is -0.365. The van der Waals surface area contributed by atoms with Gasteiger partial charge in [0.05, 0.1) is 19.9 Å². The Bertz CT molecular complexity index is 539. The third-order valence-corrected chi connectivity index (χ3v) is 3.48. The number of carbonyl (C=O) groups is 2. The molecule has 2 amide bonds. The molecule has 0 bridgehead atoms.